The van der Waals surface area contributed by atoms with Crippen LogP contribution in [0.25, 0.3) is 32.5 Å². The van der Waals surface area contributed by atoms with Gasteiger partial charge < -0.3 is 15.2 Å². The minimum absolute atomic E-state index is 0.0421. The Morgan fingerprint density at radius 3 is 2.29 bits per heavy atom. The highest BCUT2D eigenvalue weighted by Gasteiger charge is 2.18. The minimum atomic E-state index is -0.354. The largest absolute Gasteiger partial charge is 0.508 e. The molecule has 0 unspecified atom stereocenters. The molecule has 0 fully saturated rings. The van der Waals surface area contributed by atoms with Gasteiger partial charge in [0.15, 0.2) is 0 Å². The molecule has 4 rings (SSSR count). The molecule has 2 heterocycles. The van der Waals surface area contributed by atoms with Crippen molar-refractivity contribution in [3.05, 3.63) is 70.3 Å². The quantitative estimate of drug-likeness (QED) is 0.510. The van der Waals surface area contributed by atoms with E-state index in [4.69, 9.17) is 0 Å². The van der Waals surface area contributed by atoms with Crippen LogP contribution in [0, 0.1) is 0 Å². The van der Waals surface area contributed by atoms with Gasteiger partial charge in [-0.3, -0.25) is 4.79 Å². The second-order valence-corrected chi connectivity index (χ2v) is 6.32. The fourth-order valence-electron chi connectivity index (χ4n) is 2.81. The average Bonchev–Trinajstić information content (AvgIpc) is 3.01. The molecule has 0 saturated carbocycles. The molecule has 3 N–H and O–H groups in total. The summed E-state index contributed by atoms with van der Waals surface area (Å²) < 4.78 is 0. The predicted molar refractivity (Wildman–Crippen MR) is 96.6 cm³/mol. The van der Waals surface area contributed by atoms with Crippen LogP contribution in [0.3, 0.4) is 0 Å². The van der Waals surface area contributed by atoms with Gasteiger partial charge in [0.05, 0.1) is 10.9 Å². The average molecular weight is 335 g/mol. The summed E-state index contributed by atoms with van der Waals surface area (Å²) in [5.41, 5.74) is 2.26. The van der Waals surface area contributed by atoms with Crippen LogP contribution in [-0.2, 0) is 0 Å². The standard InChI is InChI=1S/C19H13NO3S/c21-13-8-6-12(7-9-13)15-17(22)16-14(11-4-2-1-3-5-11)10-24-19(16)20-18(15)23/h1-10,21H,(H2,20,22,23). The molecule has 0 radical (unpaired) electrons. The summed E-state index contributed by atoms with van der Waals surface area (Å²) >= 11 is 1.39. The number of phenols is 1. The van der Waals surface area contributed by atoms with Gasteiger partial charge in [-0.1, -0.05) is 42.5 Å². The van der Waals surface area contributed by atoms with Crippen LogP contribution in [0.4, 0.5) is 0 Å². The third-order valence-corrected chi connectivity index (χ3v) is 4.85. The summed E-state index contributed by atoms with van der Waals surface area (Å²) in [4.78, 5) is 15.9. The van der Waals surface area contributed by atoms with Crippen molar-refractivity contribution in [3.63, 3.8) is 0 Å². The molecule has 4 aromatic rings. The van der Waals surface area contributed by atoms with Crippen molar-refractivity contribution < 1.29 is 10.2 Å². The maximum Gasteiger partial charge on any atom is 0.260 e. The number of thiophene rings is 1. The summed E-state index contributed by atoms with van der Waals surface area (Å²) in [6.45, 7) is 0. The van der Waals surface area contributed by atoms with E-state index < -0.39 is 0 Å². The molecule has 0 aliphatic rings. The highest BCUT2D eigenvalue weighted by Crippen LogP contribution is 2.41. The number of hydrogen-bond donors (Lipinski definition) is 3. The number of aromatic amines is 1. The van der Waals surface area contributed by atoms with Gasteiger partial charge in [-0.15, -0.1) is 11.3 Å². The summed E-state index contributed by atoms with van der Waals surface area (Å²) in [5, 5.41) is 22.8. The van der Waals surface area contributed by atoms with E-state index in [-0.39, 0.29) is 22.6 Å². The molecule has 0 spiro atoms. The lowest BCUT2D eigenvalue weighted by Gasteiger charge is -2.07. The molecule has 0 aliphatic carbocycles. The number of benzene rings is 2. The highest BCUT2D eigenvalue weighted by atomic mass is 32.1. The van der Waals surface area contributed by atoms with Crippen LogP contribution in [0.15, 0.2) is 64.8 Å². The van der Waals surface area contributed by atoms with E-state index in [1.165, 1.54) is 23.5 Å². The van der Waals surface area contributed by atoms with E-state index in [9.17, 15) is 15.0 Å². The van der Waals surface area contributed by atoms with Crippen LogP contribution < -0.4 is 5.56 Å². The normalized spacial score (nSPS) is 11.0. The summed E-state index contributed by atoms with van der Waals surface area (Å²) in [7, 11) is 0. The molecule has 4 nitrogen and oxygen atoms in total. The molecular weight excluding hydrogens is 322 g/mol. The Bertz CT molecular complexity index is 1080. The second kappa shape index (κ2) is 5.54. The van der Waals surface area contributed by atoms with Crippen LogP contribution >= 0.6 is 11.3 Å². The minimum Gasteiger partial charge on any atom is -0.508 e. The lowest BCUT2D eigenvalue weighted by Crippen LogP contribution is -2.08. The zero-order valence-electron chi connectivity index (χ0n) is 12.5. The first kappa shape index (κ1) is 14.5. The molecule has 0 amide bonds. The van der Waals surface area contributed by atoms with E-state index in [2.05, 4.69) is 4.98 Å². The van der Waals surface area contributed by atoms with Crippen LogP contribution in [0.2, 0.25) is 0 Å². The summed E-state index contributed by atoms with van der Waals surface area (Å²) in [6.07, 6.45) is 0. The van der Waals surface area contributed by atoms with Crippen molar-refractivity contribution in [1.82, 2.24) is 4.98 Å². The smallest absolute Gasteiger partial charge is 0.260 e. The number of rotatable bonds is 2. The van der Waals surface area contributed by atoms with E-state index >= 15 is 0 Å². The van der Waals surface area contributed by atoms with Gasteiger partial charge in [-0.05, 0) is 23.3 Å². The number of nitrogens with one attached hydrogen (secondary N) is 1. The lowest BCUT2D eigenvalue weighted by atomic mass is 10.0. The van der Waals surface area contributed by atoms with Gasteiger partial charge in [0, 0.05) is 10.9 Å². The van der Waals surface area contributed by atoms with E-state index in [0.29, 0.717) is 15.8 Å². The monoisotopic (exact) mass is 335 g/mol. The van der Waals surface area contributed by atoms with Gasteiger partial charge in [0.1, 0.15) is 16.3 Å². The predicted octanol–water partition coefficient (Wildman–Crippen LogP) is 4.33. The molecular formula is C19H13NO3S. The van der Waals surface area contributed by atoms with Gasteiger partial charge in [0.2, 0.25) is 0 Å². The molecule has 2 aromatic heterocycles. The Balaban J connectivity index is 2.03. The van der Waals surface area contributed by atoms with Crippen molar-refractivity contribution in [3.8, 4) is 33.8 Å². The molecule has 0 saturated heterocycles. The van der Waals surface area contributed by atoms with Crippen molar-refractivity contribution in [2.75, 3.05) is 0 Å². The highest BCUT2D eigenvalue weighted by molar-refractivity contribution is 7.17. The maximum absolute atomic E-state index is 12.4. The molecule has 0 atom stereocenters. The molecule has 24 heavy (non-hydrogen) atoms. The Hall–Kier alpha value is -3.05. The number of aromatic nitrogens is 1. The lowest BCUT2D eigenvalue weighted by molar-refractivity contribution is 0.475. The first-order chi connectivity index (χ1) is 11.6. The fourth-order valence-corrected chi connectivity index (χ4v) is 3.77. The van der Waals surface area contributed by atoms with E-state index in [0.717, 1.165) is 11.1 Å². The number of H-pyrrole nitrogens is 1. The van der Waals surface area contributed by atoms with Crippen molar-refractivity contribution in [1.29, 1.82) is 0 Å². The zero-order chi connectivity index (χ0) is 16.7. The Morgan fingerprint density at radius 2 is 1.58 bits per heavy atom. The molecule has 118 valence electrons. The topological polar surface area (TPSA) is 73.3 Å². The van der Waals surface area contributed by atoms with Gasteiger partial charge >= 0.3 is 0 Å². The van der Waals surface area contributed by atoms with Crippen LogP contribution in [0.1, 0.15) is 0 Å². The van der Waals surface area contributed by atoms with E-state index in [1.54, 1.807) is 12.1 Å². The van der Waals surface area contributed by atoms with Gasteiger partial charge in [-0.2, -0.15) is 0 Å². The molecule has 0 bridgehead atoms. The maximum atomic E-state index is 12.4. The first-order valence-corrected chi connectivity index (χ1v) is 8.24. The summed E-state index contributed by atoms with van der Waals surface area (Å²) in [5.74, 6) is 0.0656. The number of phenolic OH excluding ortho intramolecular Hbond substituents is 1. The first-order valence-electron chi connectivity index (χ1n) is 7.36. The Labute approximate surface area is 141 Å². The number of pyridine rings is 1. The number of aromatic hydroxyl groups is 2. The van der Waals surface area contributed by atoms with Gasteiger partial charge in [-0.25, -0.2) is 0 Å². The third-order valence-electron chi connectivity index (χ3n) is 3.96. The van der Waals surface area contributed by atoms with Crippen LogP contribution in [0.5, 0.6) is 11.5 Å². The van der Waals surface area contributed by atoms with Gasteiger partial charge in [0.25, 0.3) is 5.56 Å². The SMILES string of the molecule is O=c1[nH]c2scc(-c3ccccc3)c2c(O)c1-c1ccc(O)cc1. The molecule has 5 heteroatoms. The van der Waals surface area contributed by atoms with Crippen molar-refractivity contribution in [2.24, 2.45) is 0 Å². The third kappa shape index (κ3) is 2.26. The molecule has 2 aromatic carbocycles. The Kier molecular flexibility index (Phi) is 3.36. The van der Waals surface area contributed by atoms with Crippen molar-refractivity contribution >= 4 is 21.6 Å². The van der Waals surface area contributed by atoms with Crippen LogP contribution in [-0.4, -0.2) is 15.2 Å². The number of hydrogen-bond acceptors (Lipinski definition) is 4. The second-order valence-electron chi connectivity index (χ2n) is 5.44. The zero-order valence-corrected chi connectivity index (χ0v) is 13.3. The summed E-state index contributed by atoms with van der Waals surface area (Å²) in [6, 6.07) is 15.9. The van der Waals surface area contributed by atoms with E-state index in [1.807, 2.05) is 35.7 Å². The molecule has 0 aliphatic heterocycles. The van der Waals surface area contributed by atoms with Crippen molar-refractivity contribution in [2.45, 2.75) is 0 Å². The fraction of sp³-hybridized carbons (Fsp3) is 0. The Morgan fingerprint density at radius 1 is 0.875 bits per heavy atom. The number of fused-ring (bicyclic) bond motifs is 1.